The van der Waals surface area contributed by atoms with E-state index >= 15 is 0 Å². The van der Waals surface area contributed by atoms with E-state index in [1.54, 1.807) is 5.51 Å². The molecular weight excluding hydrogens is 671 g/mol. The summed E-state index contributed by atoms with van der Waals surface area (Å²) in [4.78, 5) is 61.9. The lowest BCUT2D eigenvalue weighted by molar-refractivity contribution is -0.166. The molecule has 0 unspecified atom stereocenters. The first-order valence-corrected chi connectivity index (χ1v) is 19.8. The van der Waals surface area contributed by atoms with Crippen molar-refractivity contribution in [3.63, 3.8) is 0 Å². The van der Waals surface area contributed by atoms with Crippen LogP contribution in [0, 0.1) is 33.5 Å². The Morgan fingerprint density at radius 3 is 2.43 bits per heavy atom. The third-order valence-corrected chi connectivity index (χ3v) is 14.5. The molecule has 13 nitrogen and oxygen atoms in total. The molecule has 0 radical (unpaired) electrons. The highest BCUT2D eigenvalue weighted by Crippen LogP contribution is 2.55. The van der Waals surface area contributed by atoms with Crippen molar-refractivity contribution >= 4 is 45.2 Å². The van der Waals surface area contributed by atoms with Crippen LogP contribution in [0.2, 0.25) is 0 Å². The summed E-state index contributed by atoms with van der Waals surface area (Å²) in [5, 5.41) is 3.26. The van der Waals surface area contributed by atoms with Gasteiger partial charge in [0.1, 0.15) is 17.1 Å². The molecule has 8 aliphatic rings. The normalized spacial score (nSPS) is 32.5. The van der Waals surface area contributed by atoms with E-state index in [2.05, 4.69) is 39.0 Å². The van der Waals surface area contributed by atoms with E-state index in [9.17, 15) is 14.4 Å². The Hall–Kier alpha value is -2.94. The molecule has 3 amide bonds. The van der Waals surface area contributed by atoms with Gasteiger partial charge in [0, 0.05) is 74.6 Å². The first kappa shape index (κ1) is 33.9. The van der Waals surface area contributed by atoms with Crippen molar-refractivity contribution < 1.29 is 28.6 Å². The number of hydrogen-bond acceptors (Lipinski definition) is 11. The molecule has 2 saturated carbocycles. The van der Waals surface area contributed by atoms with Crippen LogP contribution >= 0.6 is 11.3 Å². The summed E-state index contributed by atoms with van der Waals surface area (Å²) in [6, 6.07) is -0.824. The zero-order valence-corrected chi connectivity index (χ0v) is 30.9. The Labute approximate surface area is 303 Å². The topological polar surface area (TPSA) is 139 Å². The molecule has 8 fully saturated rings. The van der Waals surface area contributed by atoms with Gasteiger partial charge in [0.15, 0.2) is 11.5 Å². The maximum Gasteiger partial charge on any atom is 0.247 e. The Morgan fingerprint density at radius 1 is 1.00 bits per heavy atom. The van der Waals surface area contributed by atoms with Crippen LogP contribution in [0.5, 0.6) is 0 Å². The van der Waals surface area contributed by atoms with Crippen molar-refractivity contribution in [3.8, 4) is 0 Å². The van der Waals surface area contributed by atoms with Crippen LogP contribution in [-0.4, -0.2) is 126 Å². The zero-order valence-electron chi connectivity index (χ0n) is 30.1. The van der Waals surface area contributed by atoms with Crippen LogP contribution in [0.1, 0.15) is 65.7 Å². The molecule has 10 rings (SSSR count). The number of hydrogen-bond donors (Lipinski definition) is 1. The second-order valence-corrected chi connectivity index (χ2v) is 18.6. The van der Waals surface area contributed by atoms with Gasteiger partial charge in [-0.3, -0.25) is 14.4 Å². The van der Waals surface area contributed by atoms with Crippen molar-refractivity contribution in [1.29, 1.82) is 0 Å². The van der Waals surface area contributed by atoms with Gasteiger partial charge in [-0.05, 0) is 57.3 Å². The third kappa shape index (κ3) is 5.92. The van der Waals surface area contributed by atoms with Gasteiger partial charge < -0.3 is 34.2 Å². The molecule has 2 aromatic heterocycles. The molecule has 1 N–H and O–H groups in total. The van der Waals surface area contributed by atoms with Gasteiger partial charge in [0.25, 0.3) is 0 Å². The number of amides is 3. The number of nitrogens with one attached hydrogen (secondary N) is 1. The molecule has 2 bridgehead atoms. The quantitative estimate of drug-likeness (QED) is 0.412. The minimum absolute atomic E-state index is 0.0306. The second kappa shape index (κ2) is 12.3. The molecule has 51 heavy (non-hydrogen) atoms. The number of thiazole rings is 1. The number of likely N-dealkylation sites (tertiary alicyclic amines) is 2. The molecule has 6 aliphatic heterocycles. The Bertz CT molecular complexity index is 1670. The predicted octanol–water partition coefficient (Wildman–Crippen LogP) is 2.89. The van der Waals surface area contributed by atoms with E-state index in [-0.39, 0.29) is 39.9 Å². The standard InChI is InChI=1S/C37H51N7O6S/c1-23(49-19-36-6-4-24(5-7-36)50-20-36)27(33(47)43-14-35(15-43)8-10-48-11-9-35)41-31(45)26-13-42(30-28-29(38-21-39-30)40-22-51-28)16-37(26)17-44(18-37)32(46)25-12-34(25,2)3/h21-27H,4-20H2,1-3H3,(H,41,45)/t23-,24?,25-,26+,27+,36?/m1/s1. The Balaban J connectivity index is 0.956. The van der Waals surface area contributed by atoms with Gasteiger partial charge >= 0.3 is 0 Å². The average molecular weight is 722 g/mol. The fourth-order valence-corrected chi connectivity index (χ4v) is 10.7. The van der Waals surface area contributed by atoms with Crippen molar-refractivity contribution in [1.82, 2.24) is 30.1 Å². The van der Waals surface area contributed by atoms with E-state index in [0.717, 1.165) is 68.7 Å². The van der Waals surface area contributed by atoms with E-state index in [1.165, 1.54) is 17.7 Å². The third-order valence-electron chi connectivity index (χ3n) is 13.7. The van der Waals surface area contributed by atoms with Crippen LogP contribution < -0.4 is 10.2 Å². The average Bonchev–Trinajstić information content (AvgIpc) is 3.43. The van der Waals surface area contributed by atoms with E-state index in [1.807, 2.05) is 16.7 Å². The van der Waals surface area contributed by atoms with Gasteiger partial charge in [0.2, 0.25) is 17.7 Å². The van der Waals surface area contributed by atoms with E-state index < -0.39 is 23.5 Å². The SMILES string of the molecule is C[C@@H](OCC12CCC(CC1)OC2)[C@H](NC(=O)[C@@H]1CN(c2ncnc3ncsc23)CC12CN(C(=O)[C@H]1CC1(C)C)C2)C(=O)N1CC2(CCOCC2)C1. The lowest BCUT2D eigenvalue weighted by Crippen LogP contribution is -2.67. The maximum absolute atomic E-state index is 14.7. The summed E-state index contributed by atoms with van der Waals surface area (Å²) in [6.07, 6.45) is 8.40. The summed E-state index contributed by atoms with van der Waals surface area (Å²) >= 11 is 1.49. The summed E-state index contributed by atoms with van der Waals surface area (Å²) in [5.41, 5.74) is 2.05. The highest BCUT2D eigenvalue weighted by atomic mass is 32.1. The van der Waals surface area contributed by atoms with E-state index in [0.29, 0.717) is 64.2 Å². The molecule has 2 aliphatic carbocycles. The monoisotopic (exact) mass is 721 g/mol. The first-order chi connectivity index (χ1) is 24.5. The van der Waals surface area contributed by atoms with E-state index in [4.69, 9.17) is 14.2 Å². The lowest BCUT2D eigenvalue weighted by atomic mass is 9.70. The molecule has 2 aromatic rings. The number of carbonyl (C=O) groups excluding carboxylic acids is 3. The zero-order chi connectivity index (χ0) is 35.2. The number of nitrogens with zero attached hydrogens (tertiary/aromatic N) is 6. The minimum atomic E-state index is -0.824. The lowest BCUT2D eigenvalue weighted by Gasteiger charge is -2.53. The molecular formula is C37H51N7O6S. The summed E-state index contributed by atoms with van der Waals surface area (Å²) < 4.78 is 19.1. The number of rotatable bonds is 9. The molecule has 2 spiro atoms. The largest absolute Gasteiger partial charge is 0.381 e. The van der Waals surface area contributed by atoms with Crippen LogP contribution in [0.4, 0.5) is 5.82 Å². The maximum atomic E-state index is 14.7. The Kier molecular flexibility index (Phi) is 8.17. The van der Waals surface area contributed by atoms with Crippen LogP contribution in [0.25, 0.3) is 10.3 Å². The van der Waals surface area contributed by atoms with Gasteiger partial charge in [-0.2, -0.15) is 0 Å². The van der Waals surface area contributed by atoms with Crippen LogP contribution in [-0.2, 0) is 28.6 Å². The first-order valence-electron chi connectivity index (χ1n) is 19.0. The van der Waals surface area contributed by atoms with Gasteiger partial charge in [0.05, 0.1) is 36.9 Å². The number of anilines is 1. The number of aromatic nitrogens is 3. The minimum Gasteiger partial charge on any atom is -0.381 e. The Morgan fingerprint density at radius 2 is 1.75 bits per heavy atom. The van der Waals surface area contributed by atoms with Gasteiger partial charge in [-0.1, -0.05) is 13.8 Å². The molecule has 4 atom stereocenters. The second-order valence-electron chi connectivity index (χ2n) is 17.8. The van der Waals surface area contributed by atoms with Crippen molar-refractivity contribution in [3.05, 3.63) is 11.8 Å². The highest BCUT2D eigenvalue weighted by molar-refractivity contribution is 7.17. The van der Waals surface area contributed by atoms with Crippen molar-refractivity contribution in [2.75, 3.05) is 70.6 Å². The molecule has 276 valence electrons. The number of ether oxygens (including phenoxy) is 3. The van der Waals surface area contributed by atoms with Gasteiger partial charge in [-0.15, -0.1) is 11.3 Å². The fraction of sp³-hybridized carbons (Fsp3) is 0.784. The summed E-state index contributed by atoms with van der Waals surface area (Å²) in [5.74, 6) is 0.291. The molecule has 8 heterocycles. The smallest absolute Gasteiger partial charge is 0.247 e. The molecule has 14 heteroatoms. The number of carbonyl (C=O) groups is 3. The molecule has 6 saturated heterocycles. The summed E-state index contributed by atoms with van der Waals surface area (Å²) in [7, 11) is 0. The number of fused-ring (bicyclic) bond motifs is 4. The highest BCUT2D eigenvalue weighted by Gasteiger charge is 2.62. The van der Waals surface area contributed by atoms with Crippen LogP contribution in [0.15, 0.2) is 11.8 Å². The summed E-state index contributed by atoms with van der Waals surface area (Å²) in [6.45, 7) is 12.3. The van der Waals surface area contributed by atoms with Crippen molar-refractivity contribution in [2.45, 2.75) is 84.0 Å². The van der Waals surface area contributed by atoms with Crippen molar-refractivity contribution in [2.24, 2.45) is 33.5 Å². The molecule has 0 aromatic carbocycles. The van der Waals surface area contributed by atoms with Crippen LogP contribution in [0.3, 0.4) is 0 Å². The van der Waals surface area contributed by atoms with Gasteiger partial charge in [-0.25, -0.2) is 15.0 Å². The predicted molar refractivity (Wildman–Crippen MR) is 189 cm³/mol. The fourth-order valence-electron chi connectivity index (χ4n) is 9.97.